The van der Waals surface area contributed by atoms with Crippen LogP contribution < -0.4 is 0 Å². The zero-order valence-corrected chi connectivity index (χ0v) is 13.2. The molecule has 1 amide bonds. The minimum atomic E-state index is -0.836. The molecule has 2 aliphatic heterocycles. The van der Waals surface area contributed by atoms with Crippen LogP contribution in [0.15, 0.2) is 0 Å². The topological polar surface area (TPSA) is 66.8 Å². The molecule has 0 unspecified atom stereocenters. The van der Waals surface area contributed by atoms with Gasteiger partial charge in [0.15, 0.2) is 0 Å². The number of rotatable bonds is 4. The van der Waals surface area contributed by atoms with Crippen LogP contribution in [0.3, 0.4) is 0 Å². The van der Waals surface area contributed by atoms with E-state index in [0.717, 1.165) is 45.1 Å². The lowest BCUT2D eigenvalue weighted by Gasteiger charge is -2.33. The van der Waals surface area contributed by atoms with Crippen LogP contribution in [0.25, 0.3) is 0 Å². The van der Waals surface area contributed by atoms with Gasteiger partial charge in [0.2, 0.25) is 5.91 Å². The number of carboxylic acids is 1. The molecule has 2 saturated heterocycles. The van der Waals surface area contributed by atoms with Gasteiger partial charge in [0.1, 0.15) is 6.04 Å². The first-order chi connectivity index (χ1) is 10.7. The van der Waals surface area contributed by atoms with Crippen molar-refractivity contribution in [1.82, 2.24) is 4.90 Å². The van der Waals surface area contributed by atoms with Crippen LogP contribution in [-0.4, -0.2) is 46.7 Å². The summed E-state index contributed by atoms with van der Waals surface area (Å²) < 4.78 is 5.68. The molecule has 2 heterocycles. The van der Waals surface area contributed by atoms with E-state index >= 15 is 0 Å². The predicted molar refractivity (Wildman–Crippen MR) is 81.5 cm³/mol. The van der Waals surface area contributed by atoms with Crippen molar-refractivity contribution in [3.05, 3.63) is 0 Å². The van der Waals surface area contributed by atoms with Gasteiger partial charge in [-0.1, -0.05) is 12.8 Å². The smallest absolute Gasteiger partial charge is 0.326 e. The highest BCUT2D eigenvalue weighted by molar-refractivity contribution is 5.84. The first kappa shape index (κ1) is 15.8. The van der Waals surface area contributed by atoms with Crippen LogP contribution in [0.5, 0.6) is 0 Å². The average molecular weight is 309 g/mol. The maximum atomic E-state index is 12.7. The van der Waals surface area contributed by atoms with Crippen molar-refractivity contribution in [2.75, 3.05) is 6.61 Å². The highest BCUT2D eigenvalue weighted by Crippen LogP contribution is 2.40. The molecule has 0 aromatic heterocycles. The number of fused-ring (bicyclic) bond motifs is 1. The van der Waals surface area contributed by atoms with E-state index in [-0.39, 0.29) is 18.1 Å². The molecule has 124 valence electrons. The Morgan fingerprint density at radius 1 is 1.09 bits per heavy atom. The molecule has 0 bridgehead atoms. The van der Waals surface area contributed by atoms with Crippen molar-refractivity contribution < 1.29 is 19.4 Å². The van der Waals surface area contributed by atoms with Gasteiger partial charge in [-0.15, -0.1) is 0 Å². The average Bonchev–Trinajstić information content (AvgIpc) is 2.93. The Morgan fingerprint density at radius 3 is 2.59 bits per heavy atom. The number of carboxylic acid groups (broad SMARTS) is 1. The maximum Gasteiger partial charge on any atom is 0.326 e. The standard InChI is InChI=1S/C17H27NO4/c19-16(9-8-13-6-3-4-10-22-13)18-14-7-2-1-5-12(14)11-15(18)17(20)21/h12-15H,1-11H2,(H,20,21)/t12-,13-,14+,15-/m0/s1. The number of hydrogen-bond donors (Lipinski definition) is 1. The molecule has 4 atom stereocenters. The summed E-state index contributed by atoms with van der Waals surface area (Å²) in [6.45, 7) is 0.797. The second kappa shape index (κ2) is 6.99. The summed E-state index contributed by atoms with van der Waals surface area (Å²) in [6.07, 6.45) is 9.64. The number of likely N-dealkylation sites (tertiary alicyclic amines) is 1. The van der Waals surface area contributed by atoms with Crippen molar-refractivity contribution in [3.8, 4) is 0 Å². The van der Waals surface area contributed by atoms with Crippen LogP contribution in [-0.2, 0) is 14.3 Å². The summed E-state index contributed by atoms with van der Waals surface area (Å²) in [5.74, 6) is -0.419. The van der Waals surface area contributed by atoms with Gasteiger partial charge in [-0.25, -0.2) is 4.79 Å². The van der Waals surface area contributed by atoms with E-state index in [1.807, 2.05) is 0 Å². The normalized spacial score (nSPS) is 35.2. The minimum Gasteiger partial charge on any atom is -0.480 e. The first-order valence-corrected chi connectivity index (χ1v) is 8.82. The van der Waals surface area contributed by atoms with Gasteiger partial charge >= 0.3 is 5.97 Å². The first-order valence-electron chi connectivity index (χ1n) is 8.82. The Kier molecular flexibility index (Phi) is 5.01. The lowest BCUT2D eigenvalue weighted by Crippen LogP contribution is -2.46. The Hall–Kier alpha value is -1.10. The van der Waals surface area contributed by atoms with Gasteiger partial charge in [0, 0.05) is 19.1 Å². The molecule has 5 heteroatoms. The van der Waals surface area contributed by atoms with Gasteiger partial charge in [0.05, 0.1) is 6.10 Å². The van der Waals surface area contributed by atoms with E-state index in [2.05, 4.69) is 0 Å². The number of ether oxygens (including phenoxy) is 1. The largest absolute Gasteiger partial charge is 0.480 e. The predicted octanol–water partition coefficient (Wildman–Crippen LogP) is 2.58. The number of aliphatic carboxylic acids is 1. The molecule has 3 rings (SSSR count). The van der Waals surface area contributed by atoms with Gasteiger partial charge in [-0.3, -0.25) is 4.79 Å². The van der Waals surface area contributed by atoms with Crippen molar-refractivity contribution in [2.24, 2.45) is 5.92 Å². The quantitative estimate of drug-likeness (QED) is 0.867. The molecule has 3 aliphatic rings. The molecule has 1 saturated carbocycles. The Morgan fingerprint density at radius 2 is 1.86 bits per heavy atom. The van der Waals surface area contributed by atoms with Gasteiger partial charge in [-0.05, 0) is 50.9 Å². The fourth-order valence-corrected chi connectivity index (χ4v) is 4.49. The summed E-state index contributed by atoms with van der Waals surface area (Å²) in [5.41, 5.74) is 0. The number of hydrogen-bond acceptors (Lipinski definition) is 3. The zero-order valence-electron chi connectivity index (χ0n) is 13.2. The molecule has 0 spiro atoms. The molecular weight excluding hydrogens is 282 g/mol. The third-order valence-electron chi connectivity index (χ3n) is 5.62. The molecule has 3 fully saturated rings. The van der Waals surface area contributed by atoms with E-state index in [0.29, 0.717) is 18.8 Å². The third-order valence-corrected chi connectivity index (χ3v) is 5.62. The van der Waals surface area contributed by atoms with E-state index in [9.17, 15) is 14.7 Å². The zero-order chi connectivity index (χ0) is 15.5. The lowest BCUT2D eigenvalue weighted by atomic mass is 9.84. The third kappa shape index (κ3) is 3.29. The van der Waals surface area contributed by atoms with E-state index < -0.39 is 12.0 Å². The van der Waals surface area contributed by atoms with E-state index in [1.165, 1.54) is 12.8 Å². The van der Waals surface area contributed by atoms with Crippen LogP contribution in [0.1, 0.15) is 64.2 Å². The SMILES string of the molecule is O=C(O)[C@@H]1C[C@@H]2CCCC[C@H]2N1C(=O)CC[C@@H]1CCCCO1. The second-order valence-electron chi connectivity index (χ2n) is 7.03. The molecule has 0 aromatic carbocycles. The Balaban J connectivity index is 1.61. The number of carbonyl (C=O) groups excluding carboxylic acids is 1. The maximum absolute atomic E-state index is 12.7. The van der Waals surface area contributed by atoms with Crippen LogP contribution >= 0.6 is 0 Å². The fraction of sp³-hybridized carbons (Fsp3) is 0.882. The molecular formula is C17H27NO4. The number of amides is 1. The summed E-state index contributed by atoms with van der Waals surface area (Å²) in [6, 6.07) is -0.442. The highest BCUT2D eigenvalue weighted by Gasteiger charge is 2.47. The number of nitrogens with zero attached hydrogens (tertiary/aromatic N) is 1. The lowest BCUT2D eigenvalue weighted by molar-refractivity contribution is -0.150. The van der Waals surface area contributed by atoms with Gasteiger partial charge in [0.25, 0.3) is 0 Å². The molecule has 0 aromatic rings. The summed E-state index contributed by atoms with van der Waals surface area (Å²) in [7, 11) is 0. The van der Waals surface area contributed by atoms with E-state index in [1.54, 1.807) is 4.90 Å². The van der Waals surface area contributed by atoms with Crippen LogP contribution in [0.4, 0.5) is 0 Å². The van der Waals surface area contributed by atoms with Crippen molar-refractivity contribution in [1.29, 1.82) is 0 Å². The molecule has 5 nitrogen and oxygen atoms in total. The van der Waals surface area contributed by atoms with Gasteiger partial charge < -0.3 is 14.7 Å². The van der Waals surface area contributed by atoms with E-state index in [4.69, 9.17) is 4.74 Å². The monoisotopic (exact) mass is 309 g/mol. The van der Waals surface area contributed by atoms with Crippen LogP contribution in [0, 0.1) is 5.92 Å². The Labute approximate surface area is 132 Å². The molecule has 1 N–H and O–H groups in total. The second-order valence-corrected chi connectivity index (χ2v) is 7.03. The van der Waals surface area contributed by atoms with Crippen molar-refractivity contribution in [3.63, 3.8) is 0 Å². The van der Waals surface area contributed by atoms with Crippen molar-refractivity contribution in [2.45, 2.75) is 82.4 Å². The minimum absolute atomic E-state index is 0.0240. The Bertz CT molecular complexity index is 419. The fourth-order valence-electron chi connectivity index (χ4n) is 4.49. The summed E-state index contributed by atoms with van der Waals surface area (Å²) in [4.78, 5) is 25.9. The van der Waals surface area contributed by atoms with Crippen LogP contribution in [0.2, 0.25) is 0 Å². The molecule has 1 aliphatic carbocycles. The summed E-state index contributed by atoms with van der Waals surface area (Å²) >= 11 is 0. The highest BCUT2D eigenvalue weighted by atomic mass is 16.5. The molecule has 0 radical (unpaired) electrons. The summed E-state index contributed by atoms with van der Waals surface area (Å²) in [5, 5.41) is 9.48. The van der Waals surface area contributed by atoms with Gasteiger partial charge in [-0.2, -0.15) is 0 Å². The number of carbonyl (C=O) groups is 2. The van der Waals surface area contributed by atoms with Crippen molar-refractivity contribution >= 4 is 11.9 Å². The molecule has 22 heavy (non-hydrogen) atoms.